The Morgan fingerprint density at radius 3 is 1.27 bits per heavy atom. The number of carboxylic acid groups (broad SMARTS) is 1. The Labute approximate surface area is 372 Å². The fourth-order valence-electron chi connectivity index (χ4n) is 8.34. The molecule has 0 fully saturated rings. The maximum absolute atomic E-state index is 12.9. The summed E-state index contributed by atoms with van der Waals surface area (Å²) in [6.07, 6.45) is 55.7. The number of hydrogen-bond donors (Lipinski definition) is 3. The normalized spacial score (nSPS) is 12.6. The van der Waals surface area contributed by atoms with Gasteiger partial charge in [-0.15, -0.1) is 0 Å². The van der Waals surface area contributed by atoms with Crippen molar-refractivity contribution >= 4 is 17.8 Å². The Kier molecular flexibility index (Phi) is 46.6. The van der Waals surface area contributed by atoms with Crippen LogP contribution in [0.15, 0.2) is 12.2 Å². The van der Waals surface area contributed by atoms with E-state index in [0.717, 1.165) is 70.6 Å². The molecular formula is C53H102N2O5. The van der Waals surface area contributed by atoms with Crippen molar-refractivity contribution in [3.8, 4) is 0 Å². The van der Waals surface area contributed by atoms with Crippen LogP contribution in [0.3, 0.4) is 0 Å². The minimum atomic E-state index is -1.00. The Balaban J connectivity index is 4.11. The second-order valence-corrected chi connectivity index (χ2v) is 18.3. The molecule has 7 nitrogen and oxygen atoms in total. The van der Waals surface area contributed by atoms with Gasteiger partial charge in [0.2, 0.25) is 5.91 Å². The van der Waals surface area contributed by atoms with Crippen molar-refractivity contribution in [2.75, 3.05) is 6.54 Å². The molecule has 0 aromatic carbocycles. The Hall–Kier alpha value is -1.89. The number of aliphatic carboxylic acids is 1. The molecule has 0 heterocycles. The van der Waals surface area contributed by atoms with Gasteiger partial charge < -0.3 is 20.9 Å². The van der Waals surface area contributed by atoms with Crippen molar-refractivity contribution in [1.29, 1.82) is 0 Å². The van der Waals surface area contributed by atoms with Crippen LogP contribution in [-0.4, -0.2) is 41.6 Å². The summed E-state index contributed by atoms with van der Waals surface area (Å²) in [4.78, 5) is 36.5. The van der Waals surface area contributed by atoms with Gasteiger partial charge in [-0.05, 0) is 77.2 Å². The SMILES string of the molecule is CCCCCCCC/C=C\CCCC(CCCCCCCC(=O)NC(CCCN)C(=O)O)OC(=O)CCCCCCCCCCCCCCCCCCCCCCCCC. The number of allylic oxidation sites excluding steroid dienone is 2. The number of carbonyl (C=O) groups excluding carboxylic acids is 2. The topological polar surface area (TPSA) is 119 Å². The molecule has 0 aliphatic carbocycles. The van der Waals surface area contributed by atoms with Gasteiger partial charge in [0.1, 0.15) is 12.1 Å². The number of rotatable bonds is 49. The number of ether oxygens (including phenoxy) is 1. The average Bonchev–Trinajstić information content (AvgIpc) is 3.23. The predicted octanol–water partition coefficient (Wildman–Crippen LogP) is 15.8. The Morgan fingerprint density at radius 1 is 0.467 bits per heavy atom. The van der Waals surface area contributed by atoms with E-state index in [1.54, 1.807) is 0 Å². The number of amides is 1. The lowest BCUT2D eigenvalue weighted by Gasteiger charge is -2.18. The van der Waals surface area contributed by atoms with Crippen LogP contribution >= 0.6 is 0 Å². The molecule has 0 saturated heterocycles. The average molecular weight is 847 g/mol. The summed E-state index contributed by atoms with van der Waals surface area (Å²) in [5.41, 5.74) is 5.50. The number of hydrogen-bond acceptors (Lipinski definition) is 5. The molecule has 0 aliphatic heterocycles. The third kappa shape index (κ3) is 44.2. The van der Waals surface area contributed by atoms with Crippen molar-refractivity contribution in [3.05, 3.63) is 12.2 Å². The van der Waals surface area contributed by atoms with E-state index in [9.17, 15) is 19.5 Å². The molecule has 60 heavy (non-hydrogen) atoms. The lowest BCUT2D eigenvalue weighted by atomic mass is 10.0. The van der Waals surface area contributed by atoms with E-state index in [0.29, 0.717) is 32.2 Å². The Bertz CT molecular complexity index is 956. The highest BCUT2D eigenvalue weighted by Gasteiger charge is 2.19. The van der Waals surface area contributed by atoms with Gasteiger partial charge >= 0.3 is 11.9 Å². The van der Waals surface area contributed by atoms with Crippen LogP contribution in [0.5, 0.6) is 0 Å². The van der Waals surface area contributed by atoms with Crippen molar-refractivity contribution in [2.45, 2.75) is 302 Å². The lowest BCUT2D eigenvalue weighted by molar-refractivity contribution is -0.150. The number of nitrogens with one attached hydrogen (secondary N) is 1. The zero-order valence-electron chi connectivity index (χ0n) is 40.1. The van der Waals surface area contributed by atoms with E-state index in [4.69, 9.17) is 10.5 Å². The van der Waals surface area contributed by atoms with Gasteiger partial charge in [-0.3, -0.25) is 9.59 Å². The van der Waals surface area contributed by atoms with Crippen LogP contribution in [0.1, 0.15) is 290 Å². The second kappa shape index (κ2) is 48.1. The van der Waals surface area contributed by atoms with Gasteiger partial charge in [0.25, 0.3) is 0 Å². The zero-order chi connectivity index (χ0) is 43.8. The van der Waals surface area contributed by atoms with Gasteiger partial charge in [-0.25, -0.2) is 4.79 Å². The largest absolute Gasteiger partial charge is 0.480 e. The van der Waals surface area contributed by atoms with Crippen molar-refractivity contribution in [1.82, 2.24) is 5.32 Å². The fraction of sp³-hybridized carbons (Fsp3) is 0.906. The predicted molar refractivity (Wildman–Crippen MR) is 258 cm³/mol. The van der Waals surface area contributed by atoms with Gasteiger partial charge in [0.05, 0.1) is 0 Å². The van der Waals surface area contributed by atoms with Crippen LogP contribution in [0.25, 0.3) is 0 Å². The molecule has 0 saturated carbocycles. The van der Waals surface area contributed by atoms with E-state index in [1.807, 2.05) is 0 Å². The summed E-state index contributed by atoms with van der Waals surface area (Å²) in [5, 5.41) is 12.0. The van der Waals surface area contributed by atoms with Crippen molar-refractivity contribution < 1.29 is 24.2 Å². The highest BCUT2D eigenvalue weighted by molar-refractivity contribution is 5.83. The maximum atomic E-state index is 12.9. The maximum Gasteiger partial charge on any atom is 0.326 e. The number of unbranched alkanes of at least 4 members (excludes halogenated alkanes) is 33. The van der Waals surface area contributed by atoms with Crippen LogP contribution < -0.4 is 11.1 Å². The van der Waals surface area contributed by atoms with Crippen LogP contribution in [0.2, 0.25) is 0 Å². The van der Waals surface area contributed by atoms with Crippen LogP contribution in [-0.2, 0) is 19.1 Å². The quantitative estimate of drug-likeness (QED) is 0.0319. The number of carboxylic acids is 1. The second-order valence-electron chi connectivity index (χ2n) is 18.3. The molecule has 0 aromatic rings. The molecule has 354 valence electrons. The highest BCUT2D eigenvalue weighted by Crippen LogP contribution is 2.19. The summed E-state index contributed by atoms with van der Waals surface area (Å²) in [5.74, 6) is -1.23. The first kappa shape index (κ1) is 58.1. The molecule has 2 unspecified atom stereocenters. The van der Waals surface area contributed by atoms with E-state index in [2.05, 4.69) is 31.3 Å². The van der Waals surface area contributed by atoms with E-state index in [-0.39, 0.29) is 18.0 Å². The number of carbonyl (C=O) groups is 3. The third-order valence-electron chi connectivity index (χ3n) is 12.3. The monoisotopic (exact) mass is 847 g/mol. The van der Waals surface area contributed by atoms with Crippen LogP contribution in [0, 0.1) is 0 Å². The molecule has 4 N–H and O–H groups in total. The highest BCUT2D eigenvalue weighted by atomic mass is 16.5. The summed E-state index contributed by atoms with van der Waals surface area (Å²) < 4.78 is 6.06. The molecule has 0 rings (SSSR count). The first-order chi connectivity index (χ1) is 29.4. The Morgan fingerprint density at radius 2 is 0.833 bits per heavy atom. The first-order valence-electron chi connectivity index (χ1n) is 26.5. The van der Waals surface area contributed by atoms with Crippen molar-refractivity contribution in [2.24, 2.45) is 5.73 Å². The van der Waals surface area contributed by atoms with Gasteiger partial charge in [0.15, 0.2) is 0 Å². The fourth-order valence-corrected chi connectivity index (χ4v) is 8.34. The van der Waals surface area contributed by atoms with E-state index >= 15 is 0 Å². The number of esters is 1. The molecule has 1 amide bonds. The van der Waals surface area contributed by atoms with Crippen molar-refractivity contribution in [3.63, 3.8) is 0 Å². The summed E-state index contributed by atoms with van der Waals surface area (Å²) in [6, 6.07) is -0.857. The summed E-state index contributed by atoms with van der Waals surface area (Å²) in [7, 11) is 0. The zero-order valence-corrected chi connectivity index (χ0v) is 40.1. The molecule has 2 atom stereocenters. The van der Waals surface area contributed by atoms with Gasteiger partial charge in [-0.1, -0.05) is 219 Å². The van der Waals surface area contributed by atoms with Crippen LogP contribution in [0.4, 0.5) is 0 Å². The van der Waals surface area contributed by atoms with Gasteiger partial charge in [-0.2, -0.15) is 0 Å². The standard InChI is InChI=1S/C53H102N2O5/c1-3-5-7-9-11-13-15-16-17-18-19-20-21-22-23-24-25-26-28-30-32-37-41-47-52(57)60-49(43-38-34-31-29-27-14-12-10-8-6-4-2)44-39-35-33-36-40-46-51(56)55-50(53(58)59)45-42-48-54/h29,31,49-50H,3-28,30,32-48,54H2,1-2H3,(H,55,56)(H,58,59)/b31-29-. The molecule has 0 spiro atoms. The lowest BCUT2D eigenvalue weighted by Crippen LogP contribution is -2.40. The first-order valence-corrected chi connectivity index (χ1v) is 26.5. The molecular weight excluding hydrogens is 745 g/mol. The molecule has 0 radical (unpaired) electrons. The molecule has 0 aromatic heterocycles. The van der Waals surface area contributed by atoms with E-state index in [1.165, 1.54) is 180 Å². The van der Waals surface area contributed by atoms with Gasteiger partial charge in [0, 0.05) is 12.8 Å². The molecule has 0 bridgehead atoms. The van der Waals surface area contributed by atoms with E-state index < -0.39 is 12.0 Å². The molecule has 7 heteroatoms. The minimum Gasteiger partial charge on any atom is -0.480 e. The number of nitrogens with two attached hydrogens (primary N) is 1. The molecule has 0 aliphatic rings. The smallest absolute Gasteiger partial charge is 0.326 e. The minimum absolute atomic E-state index is 0.0127. The summed E-state index contributed by atoms with van der Waals surface area (Å²) in [6.45, 7) is 4.97. The summed E-state index contributed by atoms with van der Waals surface area (Å²) >= 11 is 0. The third-order valence-corrected chi connectivity index (χ3v) is 12.3.